The summed E-state index contributed by atoms with van der Waals surface area (Å²) in [6.45, 7) is 3.60. The predicted molar refractivity (Wildman–Crippen MR) is 114 cm³/mol. The van der Waals surface area contributed by atoms with Crippen LogP contribution in [0, 0.1) is 0 Å². The minimum atomic E-state index is -0.653. The Morgan fingerprint density at radius 1 is 1.24 bits per heavy atom. The van der Waals surface area contributed by atoms with E-state index < -0.39 is 17.7 Å². The fourth-order valence-corrected chi connectivity index (χ4v) is 4.12. The standard InChI is InChI=1S/C22H26N2O4S/c1-4-12-28-16-8-5-7-15(14-16)20(25)18-19(17-9-6-13-29-17)24(11-10-23(2)3)22(27)21(18)26/h5-9,13-14,19,25H,4,10-12H2,1-3H3/b20-18-. The molecule has 1 atom stereocenters. The Balaban J connectivity index is 2.04. The van der Waals surface area contributed by atoms with Gasteiger partial charge in [-0.25, -0.2) is 0 Å². The molecule has 1 unspecified atom stereocenters. The average Bonchev–Trinajstić information content (AvgIpc) is 3.32. The molecule has 7 heteroatoms. The summed E-state index contributed by atoms with van der Waals surface area (Å²) in [5.74, 6) is -0.786. The number of rotatable bonds is 8. The van der Waals surface area contributed by atoms with E-state index in [1.165, 1.54) is 11.3 Å². The summed E-state index contributed by atoms with van der Waals surface area (Å²) in [5.41, 5.74) is 0.592. The van der Waals surface area contributed by atoms with E-state index in [-0.39, 0.29) is 11.3 Å². The molecule has 154 valence electrons. The zero-order chi connectivity index (χ0) is 21.0. The minimum absolute atomic E-state index is 0.129. The largest absolute Gasteiger partial charge is 0.507 e. The molecule has 2 aromatic rings. The number of benzene rings is 1. The highest BCUT2D eigenvalue weighted by Crippen LogP contribution is 2.41. The number of thiophene rings is 1. The number of nitrogens with zero attached hydrogens (tertiary/aromatic N) is 2. The van der Waals surface area contributed by atoms with Crippen LogP contribution < -0.4 is 4.74 Å². The summed E-state index contributed by atoms with van der Waals surface area (Å²) in [6, 6.07) is 10.2. The van der Waals surface area contributed by atoms with Crippen LogP contribution in [-0.2, 0) is 9.59 Å². The number of ether oxygens (including phenoxy) is 1. The number of carbonyl (C=O) groups is 2. The molecule has 0 radical (unpaired) electrons. The second kappa shape index (κ2) is 9.24. The Bertz CT molecular complexity index is 905. The zero-order valence-corrected chi connectivity index (χ0v) is 17.7. The second-order valence-corrected chi connectivity index (χ2v) is 8.17. The van der Waals surface area contributed by atoms with Crippen molar-refractivity contribution in [3.63, 3.8) is 0 Å². The van der Waals surface area contributed by atoms with Crippen LogP contribution in [0.15, 0.2) is 47.4 Å². The molecule has 1 aliphatic rings. The van der Waals surface area contributed by atoms with Crippen LogP contribution in [-0.4, -0.2) is 60.4 Å². The van der Waals surface area contributed by atoms with Gasteiger partial charge in [0.15, 0.2) is 0 Å². The molecule has 0 aliphatic carbocycles. The van der Waals surface area contributed by atoms with Gasteiger partial charge in [-0.05, 0) is 44.1 Å². The number of ketones is 1. The van der Waals surface area contributed by atoms with Gasteiger partial charge < -0.3 is 19.6 Å². The number of carbonyl (C=O) groups excluding carboxylic acids is 2. The summed E-state index contributed by atoms with van der Waals surface area (Å²) in [6.07, 6.45) is 0.867. The number of likely N-dealkylation sites (tertiary alicyclic amines) is 1. The van der Waals surface area contributed by atoms with E-state index in [1.54, 1.807) is 29.2 Å². The first-order valence-electron chi connectivity index (χ1n) is 9.63. The molecule has 1 fully saturated rings. The Labute approximate surface area is 175 Å². The van der Waals surface area contributed by atoms with E-state index in [2.05, 4.69) is 0 Å². The highest BCUT2D eigenvalue weighted by molar-refractivity contribution is 7.10. The molecule has 29 heavy (non-hydrogen) atoms. The molecule has 1 N–H and O–H groups in total. The minimum Gasteiger partial charge on any atom is -0.507 e. The monoisotopic (exact) mass is 414 g/mol. The van der Waals surface area contributed by atoms with Crippen molar-refractivity contribution in [1.29, 1.82) is 0 Å². The molecule has 0 spiro atoms. The van der Waals surface area contributed by atoms with Crippen LogP contribution in [0.1, 0.15) is 29.8 Å². The number of hydrogen-bond acceptors (Lipinski definition) is 6. The van der Waals surface area contributed by atoms with Gasteiger partial charge in [-0.3, -0.25) is 9.59 Å². The normalized spacial score (nSPS) is 18.6. The van der Waals surface area contributed by atoms with Crippen molar-refractivity contribution in [2.45, 2.75) is 19.4 Å². The van der Waals surface area contributed by atoms with E-state index in [1.807, 2.05) is 43.4 Å². The fourth-order valence-electron chi connectivity index (χ4n) is 3.27. The van der Waals surface area contributed by atoms with E-state index in [4.69, 9.17) is 4.74 Å². The third-order valence-electron chi connectivity index (χ3n) is 4.72. The smallest absolute Gasteiger partial charge is 0.295 e. The van der Waals surface area contributed by atoms with Crippen LogP contribution in [0.25, 0.3) is 5.76 Å². The zero-order valence-electron chi connectivity index (χ0n) is 16.9. The molecule has 6 nitrogen and oxygen atoms in total. The lowest BCUT2D eigenvalue weighted by Gasteiger charge is -2.25. The van der Waals surface area contributed by atoms with Gasteiger partial charge in [-0.15, -0.1) is 11.3 Å². The molecular formula is C22H26N2O4S. The first-order valence-corrected chi connectivity index (χ1v) is 10.5. The van der Waals surface area contributed by atoms with E-state index in [0.717, 1.165) is 11.3 Å². The second-order valence-electron chi connectivity index (χ2n) is 7.19. The van der Waals surface area contributed by atoms with Crippen molar-refractivity contribution < 1.29 is 19.4 Å². The van der Waals surface area contributed by atoms with Crippen molar-refractivity contribution in [1.82, 2.24) is 9.80 Å². The van der Waals surface area contributed by atoms with Crippen molar-refractivity contribution in [3.8, 4) is 5.75 Å². The maximum absolute atomic E-state index is 12.9. The SMILES string of the molecule is CCCOc1cccc(/C(O)=C2/C(=O)C(=O)N(CCN(C)C)C2c2cccs2)c1. The first-order chi connectivity index (χ1) is 13.9. The van der Waals surface area contributed by atoms with Crippen molar-refractivity contribution in [3.05, 3.63) is 57.8 Å². The first kappa shape index (κ1) is 21.1. The van der Waals surface area contributed by atoms with Crippen molar-refractivity contribution in [2.24, 2.45) is 0 Å². The number of hydrogen-bond donors (Lipinski definition) is 1. The van der Waals surface area contributed by atoms with Gasteiger partial charge in [0, 0.05) is 23.5 Å². The van der Waals surface area contributed by atoms with E-state index in [0.29, 0.717) is 31.0 Å². The van der Waals surface area contributed by atoms with Crippen LogP contribution in [0.4, 0.5) is 0 Å². The van der Waals surface area contributed by atoms with E-state index in [9.17, 15) is 14.7 Å². The molecular weight excluding hydrogens is 388 g/mol. The summed E-state index contributed by atoms with van der Waals surface area (Å²) in [5, 5.41) is 12.9. The van der Waals surface area contributed by atoms with Crippen LogP contribution in [0.2, 0.25) is 0 Å². The van der Waals surface area contributed by atoms with Crippen LogP contribution >= 0.6 is 11.3 Å². The van der Waals surface area contributed by atoms with Gasteiger partial charge in [0.25, 0.3) is 11.7 Å². The maximum Gasteiger partial charge on any atom is 0.295 e. The number of Topliss-reactive ketones (excluding diaryl/α,β-unsaturated/α-hetero) is 1. The highest BCUT2D eigenvalue weighted by Gasteiger charge is 2.46. The van der Waals surface area contributed by atoms with Gasteiger partial charge in [0.2, 0.25) is 0 Å². The Morgan fingerprint density at radius 3 is 2.69 bits per heavy atom. The van der Waals surface area contributed by atoms with Gasteiger partial charge in [0.1, 0.15) is 11.5 Å². The number of aliphatic hydroxyl groups is 1. The van der Waals surface area contributed by atoms with E-state index >= 15 is 0 Å². The average molecular weight is 415 g/mol. The maximum atomic E-state index is 12.9. The number of aliphatic hydroxyl groups excluding tert-OH is 1. The molecule has 0 bridgehead atoms. The molecule has 2 heterocycles. The quantitative estimate of drug-likeness (QED) is 0.407. The van der Waals surface area contributed by atoms with Crippen molar-refractivity contribution >= 4 is 28.8 Å². The summed E-state index contributed by atoms with van der Waals surface area (Å²) < 4.78 is 5.64. The van der Waals surface area contributed by atoms with Crippen molar-refractivity contribution in [2.75, 3.05) is 33.8 Å². The van der Waals surface area contributed by atoms with Gasteiger partial charge >= 0.3 is 0 Å². The predicted octanol–water partition coefficient (Wildman–Crippen LogP) is 3.52. The lowest BCUT2D eigenvalue weighted by atomic mass is 9.99. The fraction of sp³-hybridized carbons (Fsp3) is 0.364. The molecule has 1 amide bonds. The topological polar surface area (TPSA) is 70.1 Å². The Morgan fingerprint density at radius 2 is 2.03 bits per heavy atom. The number of amides is 1. The molecule has 3 rings (SSSR count). The summed E-state index contributed by atoms with van der Waals surface area (Å²) >= 11 is 1.46. The van der Waals surface area contributed by atoms with Gasteiger partial charge in [0.05, 0.1) is 18.2 Å². The Kier molecular flexibility index (Phi) is 6.71. The third-order valence-corrected chi connectivity index (χ3v) is 5.65. The third kappa shape index (κ3) is 4.52. The molecule has 1 aromatic heterocycles. The lowest BCUT2D eigenvalue weighted by molar-refractivity contribution is -0.140. The molecule has 1 aromatic carbocycles. The Hall–Kier alpha value is -2.64. The molecule has 1 aliphatic heterocycles. The van der Waals surface area contributed by atoms with Gasteiger partial charge in [-0.2, -0.15) is 0 Å². The van der Waals surface area contributed by atoms with Gasteiger partial charge in [-0.1, -0.05) is 25.1 Å². The summed E-state index contributed by atoms with van der Waals surface area (Å²) in [7, 11) is 3.83. The van der Waals surface area contributed by atoms with Crippen LogP contribution in [0.3, 0.4) is 0 Å². The number of likely N-dealkylation sites (N-methyl/N-ethyl adjacent to an activating group) is 1. The molecule has 1 saturated heterocycles. The summed E-state index contributed by atoms with van der Waals surface area (Å²) in [4.78, 5) is 30.0. The van der Waals surface area contributed by atoms with Crippen LogP contribution in [0.5, 0.6) is 5.75 Å². The highest BCUT2D eigenvalue weighted by atomic mass is 32.1. The lowest BCUT2D eigenvalue weighted by Crippen LogP contribution is -2.35. The molecule has 0 saturated carbocycles.